The molecule has 13 heteroatoms. The summed E-state index contributed by atoms with van der Waals surface area (Å²) < 4.78 is 41.1. The second-order valence-corrected chi connectivity index (χ2v) is 14.4. The Morgan fingerprint density at radius 2 is 1.72 bits per heavy atom. The van der Waals surface area contributed by atoms with Crippen LogP contribution in [0.2, 0.25) is 5.02 Å². The lowest BCUT2D eigenvalue weighted by atomic mass is 9.87. The molecular weight excluding hydrogens is 704 g/mol. The molecule has 1 N–H and O–H groups in total. The van der Waals surface area contributed by atoms with Crippen molar-refractivity contribution in [1.29, 1.82) is 0 Å². The first kappa shape index (κ1) is 39.8. The van der Waals surface area contributed by atoms with Gasteiger partial charge in [0.15, 0.2) is 18.1 Å². The number of carboxylic acids is 1. The summed E-state index contributed by atoms with van der Waals surface area (Å²) in [6, 6.07) is 19.2. The Morgan fingerprint density at radius 3 is 2.45 bits per heavy atom. The average molecular weight is 755 g/mol. The molecule has 1 amide bonds. The highest BCUT2D eigenvalue weighted by Crippen LogP contribution is 2.42. The Labute approximate surface area is 316 Å². The van der Waals surface area contributed by atoms with Gasteiger partial charge in [0.1, 0.15) is 23.7 Å². The van der Waals surface area contributed by atoms with Gasteiger partial charge in [0.25, 0.3) is 0 Å². The molecule has 1 fully saturated rings. The van der Waals surface area contributed by atoms with Crippen LogP contribution in [0.25, 0.3) is 0 Å². The SMILES string of the molecule is COCCCN1CCOc2c(OCC(=O)O)cc(CO[C@H]3CN(C(=O)OC(C)(C)C)CC[C@@H]3c3ccc(OCCCOc4ccccc4Cl)cc3)cc21. The van der Waals surface area contributed by atoms with Crippen molar-refractivity contribution in [3.63, 3.8) is 0 Å². The number of rotatable bonds is 17. The fourth-order valence-electron chi connectivity index (χ4n) is 6.33. The molecule has 0 aromatic heterocycles. The molecule has 3 aromatic carbocycles. The number of methoxy groups -OCH3 is 1. The number of anilines is 1. The predicted molar refractivity (Wildman–Crippen MR) is 201 cm³/mol. The number of hydrogen-bond acceptors (Lipinski definition) is 10. The van der Waals surface area contributed by atoms with Crippen molar-refractivity contribution in [1.82, 2.24) is 4.90 Å². The maximum absolute atomic E-state index is 13.2. The van der Waals surface area contributed by atoms with Gasteiger partial charge in [-0.25, -0.2) is 9.59 Å². The standard InChI is InChI=1S/C40H51ClN2O10/c1-40(2,3)53-39(46)43-17-15-31(29-11-13-30(14-12-29)48-20-8-21-49-34-10-6-5-9-32(34)41)36(25-43)51-26-28-23-33-38(35(24-28)52-27-37(44)45)50-22-18-42(33)16-7-19-47-4/h5-6,9-14,23-24,31,36H,7-8,15-22,25-27H2,1-4H3,(H,44,45)/t31-,36+/m1/s1. The van der Waals surface area contributed by atoms with E-state index >= 15 is 0 Å². The van der Waals surface area contributed by atoms with E-state index in [0.29, 0.717) is 81.2 Å². The average Bonchev–Trinajstić information content (AvgIpc) is 3.13. The molecule has 0 saturated carbocycles. The van der Waals surface area contributed by atoms with Gasteiger partial charge in [-0.05, 0) is 81.1 Å². The van der Waals surface area contributed by atoms with Gasteiger partial charge in [0.05, 0.1) is 49.7 Å². The molecule has 2 aliphatic rings. The molecule has 1 saturated heterocycles. The molecule has 0 unspecified atom stereocenters. The predicted octanol–water partition coefficient (Wildman–Crippen LogP) is 7.20. The Balaban J connectivity index is 1.29. The van der Waals surface area contributed by atoms with Gasteiger partial charge in [0, 0.05) is 39.1 Å². The van der Waals surface area contributed by atoms with E-state index in [1.54, 1.807) is 24.1 Å². The Morgan fingerprint density at radius 1 is 0.943 bits per heavy atom. The maximum Gasteiger partial charge on any atom is 0.410 e. The van der Waals surface area contributed by atoms with Gasteiger partial charge in [0.2, 0.25) is 0 Å². The number of piperidine rings is 1. The summed E-state index contributed by atoms with van der Waals surface area (Å²) >= 11 is 6.18. The van der Waals surface area contributed by atoms with Crippen LogP contribution < -0.4 is 23.8 Å². The number of para-hydroxylation sites is 1. The molecular formula is C40H51ClN2O10. The van der Waals surface area contributed by atoms with E-state index in [2.05, 4.69) is 4.90 Å². The van der Waals surface area contributed by atoms with Crippen LogP contribution in [0, 0.1) is 0 Å². The number of ether oxygens (including phenoxy) is 7. The molecule has 2 aliphatic heterocycles. The third-order valence-electron chi connectivity index (χ3n) is 8.81. The van der Waals surface area contributed by atoms with E-state index in [9.17, 15) is 14.7 Å². The number of carbonyl (C=O) groups is 2. The first-order valence-electron chi connectivity index (χ1n) is 18.1. The van der Waals surface area contributed by atoms with Gasteiger partial charge in [-0.15, -0.1) is 0 Å². The van der Waals surface area contributed by atoms with E-state index in [4.69, 9.17) is 44.8 Å². The minimum atomic E-state index is -1.08. The molecule has 0 radical (unpaired) electrons. The zero-order valence-electron chi connectivity index (χ0n) is 31.0. The summed E-state index contributed by atoms with van der Waals surface area (Å²) in [5.41, 5.74) is 2.05. The van der Waals surface area contributed by atoms with Gasteiger partial charge in [-0.2, -0.15) is 0 Å². The second kappa shape index (κ2) is 19.1. The molecule has 12 nitrogen and oxygen atoms in total. The molecule has 0 bridgehead atoms. The number of hydrogen-bond donors (Lipinski definition) is 1. The third kappa shape index (κ3) is 11.8. The number of carboxylic acid groups (broad SMARTS) is 1. The van der Waals surface area contributed by atoms with Gasteiger partial charge in [-0.3, -0.25) is 0 Å². The summed E-state index contributed by atoms with van der Waals surface area (Å²) in [5.74, 6) is 1.17. The molecule has 2 atom stereocenters. The highest BCUT2D eigenvalue weighted by atomic mass is 35.5. The largest absolute Gasteiger partial charge is 0.493 e. The normalized spacial score (nSPS) is 17.1. The lowest BCUT2D eigenvalue weighted by Crippen LogP contribution is -2.48. The summed E-state index contributed by atoms with van der Waals surface area (Å²) in [7, 11) is 1.67. The number of carbonyl (C=O) groups excluding carboxylic acids is 1. The molecule has 5 rings (SSSR count). The monoisotopic (exact) mass is 754 g/mol. The highest BCUT2D eigenvalue weighted by molar-refractivity contribution is 6.32. The topological polar surface area (TPSA) is 125 Å². The first-order chi connectivity index (χ1) is 25.5. The number of benzene rings is 3. The summed E-state index contributed by atoms with van der Waals surface area (Å²) in [4.78, 5) is 28.5. The van der Waals surface area contributed by atoms with Gasteiger partial charge >= 0.3 is 12.1 Å². The van der Waals surface area contributed by atoms with Gasteiger partial charge in [-0.1, -0.05) is 35.9 Å². The van der Waals surface area contributed by atoms with Crippen molar-refractivity contribution < 1.29 is 47.9 Å². The Bertz CT molecular complexity index is 1650. The zero-order chi connectivity index (χ0) is 37.8. The van der Waals surface area contributed by atoms with E-state index in [0.717, 1.165) is 35.5 Å². The van der Waals surface area contributed by atoms with Crippen LogP contribution in [0.4, 0.5) is 10.5 Å². The van der Waals surface area contributed by atoms with Crippen LogP contribution in [0.3, 0.4) is 0 Å². The van der Waals surface area contributed by atoms with E-state index in [1.165, 1.54) is 0 Å². The highest BCUT2D eigenvalue weighted by Gasteiger charge is 2.35. The quantitative estimate of drug-likeness (QED) is 0.141. The molecule has 3 aromatic rings. The first-order valence-corrected chi connectivity index (χ1v) is 18.5. The van der Waals surface area contributed by atoms with Crippen LogP contribution >= 0.6 is 11.6 Å². The molecule has 288 valence electrons. The van der Waals surface area contributed by atoms with Crippen LogP contribution in [0.1, 0.15) is 57.1 Å². The maximum atomic E-state index is 13.2. The zero-order valence-corrected chi connectivity index (χ0v) is 31.8. The van der Waals surface area contributed by atoms with Crippen LogP contribution in [0.15, 0.2) is 60.7 Å². The van der Waals surface area contributed by atoms with Gasteiger partial charge < -0.3 is 48.1 Å². The van der Waals surface area contributed by atoms with Crippen molar-refractivity contribution in [3.8, 4) is 23.0 Å². The number of halogens is 1. The lowest BCUT2D eigenvalue weighted by Gasteiger charge is -2.39. The fourth-order valence-corrected chi connectivity index (χ4v) is 6.52. The third-order valence-corrected chi connectivity index (χ3v) is 9.12. The minimum absolute atomic E-state index is 0.0130. The van der Waals surface area contributed by atoms with E-state index < -0.39 is 18.2 Å². The van der Waals surface area contributed by atoms with Crippen LogP contribution in [0.5, 0.6) is 23.0 Å². The molecule has 53 heavy (non-hydrogen) atoms. The second-order valence-electron chi connectivity index (χ2n) is 14.0. The fraction of sp³-hybridized carbons (Fsp3) is 0.500. The van der Waals surface area contributed by atoms with Crippen molar-refractivity contribution in [3.05, 3.63) is 76.8 Å². The van der Waals surface area contributed by atoms with E-state index in [1.807, 2.05) is 69.3 Å². The molecule has 0 aliphatic carbocycles. The summed E-state index contributed by atoms with van der Waals surface area (Å²) in [6.07, 6.45) is 1.43. The number of fused-ring (bicyclic) bond motifs is 1. The summed E-state index contributed by atoms with van der Waals surface area (Å²) in [6.45, 7) is 9.53. The van der Waals surface area contributed by atoms with Crippen molar-refractivity contribution in [2.45, 2.75) is 64.3 Å². The Kier molecular flexibility index (Phi) is 14.3. The van der Waals surface area contributed by atoms with E-state index in [-0.39, 0.29) is 24.7 Å². The Hall–Kier alpha value is -4.39. The lowest BCUT2D eigenvalue weighted by molar-refractivity contribution is -0.139. The number of likely N-dealkylation sites (tertiary alicyclic amines) is 1. The van der Waals surface area contributed by atoms with Crippen LogP contribution in [-0.4, -0.2) is 100 Å². The van der Waals surface area contributed by atoms with Crippen molar-refractivity contribution >= 4 is 29.4 Å². The number of nitrogens with zero attached hydrogens (tertiary/aromatic N) is 2. The molecule has 0 spiro atoms. The number of amides is 1. The smallest absolute Gasteiger partial charge is 0.410 e. The minimum Gasteiger partial charge on any atom is -0.493 e. The number of aliphatic carboxylic acids is 1. The van der Waals surface area contributed by atoms with Crippen LogP contribution in [-0.2, 0) is 25.6 Å². The van der Waals surface area contributed by atoms with Crippen molar-refractivity contribution in [2.75, 3.05) is 71.2 Å². The molecule has 2 heterocycles. The van der Waals surface area contributed by atoms with Crippen molar-refractivity contribution in [2.24, 2.45) is 0 Å². The summed E-state index contributed by atoms with van der Waals surface area (Å²) in [5, 5.41) is 9.93.